The van der Waals surface area contributed by atoms with Crippen LogP contribution in [0.15, 0.2) is 30.3 Å². The first-order valence-corrected chi connectivity index (χ1v) is 6.58. The second-order valence-corrected chi connectivity index (χ2v) is 5.33. The van der Waals surface area contributed by atoms with Crippen molar-refractivity contribution >= 4 is 5.97 Å². The molecule has 0 spiro atoms. The van der Waals surface area contributed by atoms with Gasteiger partial charge >= 0.3 is 5.97 Å². The number of hydrogen-bond donors (Lipinski definition) is 3. The van der Waals surface area contributed by atoms with Crippen LogP contribution in [-0.2, 0) is 4.79 Å². The van der Waals surface area contributed by atoms with E-state index in [1.54, 1.807) is 6.92 Å². The molecule has 0 unspecified atom stereocenters. The molecular formula is C16H21NO3. The molecule has 0 bridgehead atoms. The van der Waals surface area contributed by atoms with Gasteiger partial charge in [-0.1, -0.05) is 43.9 Å². The van der Waals surface area contributed by atoms with Gasteiger partial charge in [-0.05, 0) is 25.0 Å². The van der Waals surface area contributed by atoms with Gasteiger partial charge in [0.15, 0.2) is 0 Å². The Morgan fingerprint density at radius 1 is 1.35 bits per heavy atom. The summed E-state index contributed by atoms with van der Waals surface area (Å²) in [7, 11) is 0. The molecule has 4 nitrogen and oxygen atoms in total. The quantitative estimate of drug-likeness (QED) is 0.712. The van der Waals surface area contributed by atoms with E-state index >= 15 is 0 Å². The zero-order chi connectivity index (χ0) is 15.2. The van der Waals surface area contributed by atoms with Gasteiger partial charge in [-0.15, -0.1) is 0 Å². The molecule has 2 atom stereocenters. The second-order valence-electron chi connectivity index (χ2n) is 5.33. The normalized spacial score (nSPS) is 15.1. The number of aliphatic hydroxyl groups is 1. The molecule has 0 fully saturated rings. The van der Waals surface area contributed by atoms with Gasteiger partial charge in [-0.25, -0.2) is 0 Å². The Hall–Kier alpha value is -1.83. The minimum atomic E-state index is -1.28. The third kappa shape index (κ3) is 5.43. The van der Waals surface area contributed by atoms with E-state index in [0.717, 1.165) is 5.56 Å². The van der Waals surface area contributed by atoms with Crippen molar-refractivity contribution < 1.29 is 15.0 Å². The van der Waals surface area contributed by atoms with Gasteiger partial charge in [0.25, 0.3) is 0 Å². The van der Waals surface area contributed by atoms with E-state index in [1.807, 2.05) is 44.2 Å². The first-order chi connectivity index (χ1) is 9.32. The van der Waals surface area contributed by atoms with Crippen LogP contribution in [-0.4, -0.2) is 34.4 Å². The predicted molar refractivity (Wildman–Crippen MR) is 78.2 cm³/mol. The number of rotatable bonds is 5. The smallest absolute Gasteiger partial charge is 0.320 e. The highest BCUT2D eigenvalue weighted by Gasteiger charge is 2.25. The third-order valence-electron chi connectivity index (χ3n) is 2.85. The summed E-state index contributed by atoms with van der Waals surface area (Å²) in [6.07, 6.45) is 0. The van der Waals surface area contributed by atoms with Crippen molar-refractivity contribution in [2.45, 2.75) is 32.4 Å². The van der Waals surface area contributed by atoms with Crippen LogP contribution >= 0.6 is 0 Å². The molecule has 0 aromatic heterocycles. The lowest BCUT2D eigenvalue weighted by Gasteiger charge is -2.23. The Kier molecular flexibility index (Phi) is 5.75. The molecule has 0 aliphatic heterocycles. The molecule has 0 aliphatic rings. The monoisotopic (exact) mass is 275 g/mol. The van der Waals surface area contributed by atoms with E-state index in [0.29, 0.717) is 0 Å². The Morgan fingerprint density at radius 2 is 1.95 bits per heavy atom. The van der Waals surface area contributed by atoms with Crippen LogP contribution in [0.25, 0.3) is 0 Å². The fourth-order valence-corrected chi connectivity index (χ4v) is 1.69. The minimum absolute atomic E-state index is 0.0645. The van der Waals surface area contributed by atoms with Crippen molar-refractivity contribution in [2.24, 2.45) is 5.92 Å². The molecule has 3 N–H and O–H groups in total. The minimum Gasteiger partial charge on any atom is -0.480 e. The Balaban J connectivity index is 2.66. The molecule has 4 heteroatoms. The van der Waals surface area contributed by atoms with Crippen LogP contribution in [0.4, 0.5) is 0 Å². The highest BCUT2D eigenvalue weighted by Crippen LogP contribution is 2.06. The Bertz CT molecular complexity index is 497. The summed E-state index contributed by atoms with van der Waals surface area (Å²) in [5, 5.41) is 22.1. The lowest BCUT2D eigenvalue weighted by atomic mass is 10.0. The van der Waals surface area contributed by atoms with E-state index in [9.17, 15) is 9.90 Å². The first kappa shape index (κ1) is 16.2. The topological polar surface area (TPSA) is 69.6 Å². The zero-order valence-corrected chi connectivity index (χ0v) is 12.1. The van der Waals surface area contributed by atoms with Gasteiger partial charge in [-0.2, -0.15) is 0 Å². The van der Waals surface area contributed by atoms with Crippen molar-refractivity contribution in [3.8, 4) is 11.8 Å². The van der Waals surface area contributed by atoms with Crippen LogP contribution in [0.2, 0.25) is 0 Å². The number of hydrogen-bond acceptors (Lipinski definition) is 3. The van der Waals surface area contributed by atoms with Crippen LogP contribution in [0.5, 0.6) is 0 Å². The highest BCUT2D eigenvalue weighted by atomic mass is 16.4. The number of nitrogens with one attached hydrogen (secondary N) is 1. The molecule has 0 saturated heterocycles. The molecule has 1 aromatic rings. The summed E-state index contributed by atoms with van der Waals surface area (Å²) in [5.41, 5.74) is -0.468. The molecule has 1 rings (SSSR count). The number of aliphatic carboxylic acids is 1. The lowest BCUT2D eigenvalue weighted by molar-refractivity contribution is -0.140. The summed E-state index contributed by atoms with van der Waals surface area (Å²) in [6.45, 7) is 5.30. The summed E-state index contributed by atoms with van der Waals surface area (Å²) < 4.78 is 0. The van der Waals surface area contributed by atoms with E-state index < -0.39 is 17.6 Å². The van der Waals surface area contributed by atoms with Crippen LogP contribution in [0, 0.1) is 17.8 Å². The average molecular weight is 275 g/mol. The van der Waals surface area contributed by atoms with Crippen molar-refractivity contribution in [1.82, 2.24) is 5.32 Å². The maximum Gasteiger partial charge on any atom is 0.320 e. The number of carboxylic acid groups (broad SMARTS) is 1. The summed E-state index contributed by atoms with van der Waals surface area (Å²) >= 11 is 0. The fourth-order valence-electron chi connectivity index (χ4n) is 1.69. The van der Waals surface area contributed by atoms with Gasteiger partial charge in [0.1, 0.15) is 11.6 Å². The van der Waals surface area contributed by atoms with Crippen LogP contribution in [0.3, 0.4) is 0 Å². The maximum atomic E-state index is 11.1. The first-order valence-electron chi connectivity index (χ1n) is 6.58. The van der Waals surface area contributed by atoms with E-state index in [2.05, 4.69) is 17.2 Å². The SMILES string of the molecule is CC(C)[C@H](NC[C@@](C)(O)C#Cc1ccccc1)C(=O)O. The van der Waals surface area contributed by atoms with E-state index in [-0.39, 0.29) is 12.5 Å². The number of carboxylic acids is 1. The van der Waals surface area contributed by atoms with Crippen LogP contribution < -0.4 is 5.32 Å². The molecule has 0 radical (unpaired) electrons. The van der Waals surface area contributed by atoms with E-state index in [1.165, 1.54) is 0 Å². The predicted octanol–water partition coefficient (Wildman–Crippen LogP) is 1.49. The molecule has 108 valence electrons. The standard InChI is InChI=1S/C16H21NO3/c1-12(2)14(15(18)19)17-11-16(3,20)10-9-13-7-5-4-6-8-13/h4-8,12,14,17,20H,11H2,1-3H3,(H,18,19)/t14-,16-/m0/s1. The summed E-state index contributed by atoms with van der Waals surface area (Å²) in [6, 6.07) is 8.65. The van der Waals surface area contributed by atoms with Crippen molar-refractivity contribution in [1.29, 1.82) is 0 Å². The third-order valence-corrected chi connectivity index (χ3v) is 2.85. The lowest BCUT2D eigenvalue weighted by Crippen LogP contribution is -2.47. The van der Waals surface area contributed by atoms with E-state index in [4.69, 9.17) is 5.11 Å². The fraction of sp³-hybridized carbons (Fsp3) is 0.438. The molecule has 0 amide bonds. The summed E-state index contributed by atoms with van der Waals surface area (Å²) in [5.74, 6) is 4.65. The number of benzene rings is 1. The Morgan fingerprint density at radius 3 is 2.45 bits per heavy atom. The van der Waals surface area contributed by atoms with Gasteiger partial charge < -0.3 is 15.5 Å². The molecule has 0 saturated carbocycles. The van der Waals surface area contributed by atoms with Gasteiger partial charge in [0, 0.05) is 12.1 Å². The molecule has 20 heavy (non-hydrogen) atoms. The zero-order valence-electron chi connectivity index (χ0n) is 12.1. The van der Waals surface area contributed by atoms with Crippen molar-refractivity contribution in [2.75, 3.05) is 6.54 Å². The molecule has 1 aromatic carbocycles. The van der Waals surface area contributed by atoms with Gasteiger partial charge in [0.05, 0.1) is 0 Å². The average Bonchev–Trinajstić information content (AvgIpc) is 2.37. The van der Waals surface area contributed by atoms with Crippen LogP contribution in [0.1, 0.15) is 26.3 Å². The molecular weight excluding hydrogens is 254 g/mol. The second kappa shape index (κ2) is 7.09. The maximum absolute atomic E-state index is 11.1. The Labute approximate surface area is 119 Å². The van der Waals surface area contributed by atoms with Crippen molar-refractivity contribution in [3.63, 3.8) is 0 Å². The van der Waals surface area contributed by atoms with Gasteiger partial charge in [0.2, 0.25) is 0 Å². The molecule has 0 aliphatic carbocycles. The highest BCUT2D eigenvalue weighted by molar-refractivity contribution is 5.73. The summed E-state index contributed by atoms with van der Waals surface area (Å²) in [4.78, 5) is 11.1. The largest absolute Gasteiger partial charge is 0.480 e. The van der Waals surface area contributed by atoms with Crippen molar-refractivity contribution in [3.05, 3.63) is 35.9 Å². The molecule has 0 heterocycles. The number of carbonyl (C=O) groups is 1. The van der Waals surface area contributed by atoms with Gasteiger partial charge in [-0.3, -0.25) is 4.79 Å².